The van der Waals surface area contributed by atoms with Gasteiger partial charge in [0.2, 0.25) is 11.8 Å². The first-order chi connectivity index (χ1) is 15.6. The van der Waals surface area contributed by atoms with Gasteiger partial charge >= 0.3 is 0 Å². The van der Waals surface area contributed by atoms with E-state index in [2.05, 4.69) is 27.4 Å². The molecule has 32 heavy (non-hydrogen) atoms. The molecule has 0 saturated carbocycles. The first-order valence-corrected chi connectivity index (χ1v) is 9.75. The van der Waals surface area contributed by atoms with Crippen molar-refractivity contribution in [1.82, 2.24) is 9.97 Å². The first kappa shape index (κ1) is 20.4. The van der Waals surface area contributed by atoms with E-state index in [4.69, 9.17) is 15.7 Å². The van der Waals surface area contributed by atoms with Gasteiger partial charge in [-0.15, -0.1) is 0 Å². The number of hydrogen-bond donors (Lipinski definition) is 2. The van der Waals surface area contributed by atoms with Crippen molar-refractivity contribution in [3.8, 4) is 34.9 Å². The van der Waals surface area contributed by atoms with E-state index in [1.165, 1.54) is 0 Å². The SMILES string of the molecule is Cc1cc(-c2ccccc2C#N)ccc1Oc1cc(N)nc(Nc2ccc(C#N)cc2)n1. The number of rotatable bonds is 5. The zero-order chi connectivity index (χ0) is 22.5. The summed E-state index contributed by atoms with van der Waals surface area (Å²) in [6, 6.07) is 25.9. The lowest BCUT2D eigenvalue weighted by Crippen LogP contribution is -2.02. The zero-order valence-electron chi connectivity index (χ0n) is 17.2. The second kappa shape index (κ2) is 8.86. The minimum Gasteiger partial charge on any atom is -0.439 e. The van der Waals surface area contributed by atoms with Crippen LogP contribution in [-0.2, 0) is 0 Å². The summed E-state index contributed by atoms with van der Waals surface area (Å²) in [5.41, 5.74) is 10.5. The van der Waals surface area contributed by atoms with Crippen LogP contribution in [0.5, 0.6) is 11.6 Å². The van der Waals surface area contributed by atoms with Crippen molar-refractivity contribution in [3.05, 3.63) is 89.5 Å². The molecule has 4 rings (SSSR count). The lowest BCUT2D eigenvalue weighted by molar-refractivity contribution is 0.459. The fourth-order valence-corrected chi connectivity index (χ4v) is 3.18. The monoisotopic (exact) mass is 418 g/mol. The predicted octanol–water partition coefficient (Wildman–Crippen LogP) is 5.31. The molecule has 0 aliphatic rings. The fourth-order valence-electron chi connectivity index (χ4n) is 3.18. The Kier molecular flexibility index (Phi) is 5.65. The van der Waals surface area contributed by atoms with Crippen LogP contribution in [0.25, 0.3) is 11.1 Å². The highest BCUT2D eigenvalue weighted by atomic mass is 16.5. The Bertz CT molecular complexity index is 1370. The lowest BCUT2D eigenvalue weighted by atomic mass is 9.99. The van der Waals surface area contributed by atoms with Gasteiger partial charge in [-0.05, 0) is 66.1 Å². The quantitative estimate of drug-likeness (QED) is 0.450. The first-order valence-electron chi connectivity index (χ1n) is 9.75. The van der Waals surface area contributed by atoms with Crippen molar-refractivity contribution in [2.75, 3.05) is 11.1 Å². The van der Waals surface area contributed by atoms with E-state index < -0.39 is 0 Å². The smallest absolute Gasteiger partial charge is 0.232 e. The van der Waals surface area contributed by atoms with Crippen LogP contribution in [0.15, 0.2) is 72.8 Å². The summed E-state index contributed by atoms with van der Waals surface area (Å²) in [7, 11) is 0. The van der Waals surface area contributed by atoms with Crippen molar-refractivity contribution in [1.29, 1.82) is 10.5 Å². The summed E-state index contributed by atoms with van der Waals surface area (Å²) in [5.74, 6) is 1.44. The Balaban J connectivity index is 1.57. The molecular formula is C25H18N6O. The molecule has 154 valence electrons. The van der Waals surface area contributed by atoms with Crippen molar-refractivity contribution < 1.29 is 4.74 Å². The van der Waals surface area contributed by atoms with Gasteiger partial charge in [0.15, 0.2) is 0 Å². The van der Waals surface area contributed by atoms with Gasteiger partial charge in [-0.2, -0.15) is 20.5 Å². The minimum atomic E-state index is 0.253. The number of nitrogen functional groups attached to an aromatic ring is 1. The predicted molar refractivity (Wildman–Crippen MR) is 122 cm³/mol. The normalized spacial score (nSPS) is 10.1. The van der Waals surface area contributed by atoms with Gasteiger partial charge in [0.05, 0.1) is 23.3 Å². The maximum atomic E-state index is 9.36. The summed E-state index contributed by atoms with van der Waals surface area (Å²) in [5, 5.41) is 21.3. The molecule has 1 aromatic heterocycles. The number of aryl methyl sites for hydroxylation is 1. The third kappa shape index (κ3) is 4.48. The van der Waals surface area contributed by atoms with Gasteiger partial charge in [0.25, 0.3) is 0 Å². The summed E-state index contributed by atoms with van der Waals surface area (Å²) in [4.78, 5) is 8.57. The Morgan fingerprint density at radius 3 is 2.41 bits per heavy atom. The highest BCUT2D eigenvalue weighted by Gasteiger charge is 2.10. The molecule has 0 radical (unpaired) electrons. The van der Waals surface area contributed by atoms with E-state index in [0.717, 1.165) is 22.4 Å². The van der Waals surface area contributed by atoms with Gasteiger partial charge in [-0.1, -0.05) is 24.3 Å². The van der Waals surface area contributed by atoms with E-state index in [9.17, 15) is 5.26 Å². The number of aromatic nitrogens is 2. The van der Waals surface area contributed by atoms with Crippen LogP contribution in [0.3, 0.4) is 0 Å². The molecule has 0 aliphatic heterocycles. The molecule has 0 spiro atoms. The summed E-state index contributed by atoms with van der Waals surface area (Å²) in [6.07, 6.45) is 0. The molecule has 7 nitrogen and oxygen atoms in total. The summed E-state index contributed by atoms with van der Waals surface area (Å²) in [6.45, 7) is 1.92. The number of hydrogen-bond acceptors (Lipinski definition) is 7. The number of nitrogens with zero attached hydrogens (tertiary/aromatic N) is 4. The Labute approximate surface area is 185 Å². The topological polar surface area (TPSA) is 121 Å². The average molecular weight is 418 g/mol. The van der Waals surface area contributed by atoms with Crippen molar-refractivity contribution in [2.24, 2.45) is 0 Å². The maximum Gasteiger partial charge on any atom is 0.232 e. The molecule has 0 aliphatic carbocycles. The maximum absolute atomic E-state index is 9.36. The average Bonchev–Trinajstić information content (AvgIpc) is 2.80. The Morgan fingerprint density at radius 2 is 1.69 bits per heavy atom. The van der Waals surface area contributed by atoms with Crippen molar-refractivity contribution in [2.45, 2.75) is 6.92 Å². The largest absolute Gasteiger partial charge is 0.439 e. The zero-order valence-corrected chi connectivity index (χ0v) is 17.2. The number of nitrogens with two attached hydrogens (primary N) is 1. The van der Waals surface area contributed by atoms with Gasteiger partial charge < -0.3 is 15.8 Å². The van der Waals surface area contributed by atoms with E-state index in [0.29, 0.717) is 22.8 Å². The molecule has 0 unspecified atom stereocenters. The fraction of sp³-hybridized carbons (Fsp3) is 0.0400. The van der Waals surface area contributed by atoms with Gasteiger partial charge in [-0.3, -0.25) is 0 Å². The molecule has 0 amide bonds. The van der Waals surface area contributed by atoms with Crippen LogP contribution in [0.1, 0.15) is 16.7 Å². The molecule has 7 heteroatoms. The van der Waals surface area contributed by atoms with Crippen LogP contribution in [-0.4, -0.2) is 9.97 Å². The summed E-state index contributed by atoms with van der Waals surface area (Å²) >= 11 is 0. The van der Waals surface area contributed by atoms with E-state index in [-0.39, 0.29) is 11.8 Å². The van der Waals surface area contributed by atoms with Gasteiger partial charge in [0.1, 0.15) is 11.6 Å². The Hall–Kier alpha value is -4.88. The summed E-state index contributed by atoms with van der Waals surface area (Å²) < 4.78 is 5.97. The van der Waals surface area contributed by atoms with Crippen molar-refractivity contribution in [3.63, 3.8) is 0 Å². The number of ether oxygens (including phenoxy) is 1. The van der Waals surface area contributed by atoms with E-state index in [1.807, 2.05) is 43.3 Å². The highest BCUT2D eigenvalue weighted by Crippen LogP contribution is 2.31. The third-order valence-corrected chi connectivity index (χ3v) is 4.74. The number of benzene rings is 3. The minimum absolute atomic E-state index is 0.253. The van der Waals surface area contributed by atoms with Crippen molar-refractivity contribution >= 4 is 17.5 Å². The molecule has 0 atom stereocenters. The second-order valence-corrected chi connectivity index (χ2v) is 7.01. The second-order valence-electron chi connectivity index (χ2n) is 7.01. The molecule has 0 saturated heterocycles. The van der Waals surface area contributed by atoms with Crippen LogP contribution in [0.2, 0.25) is 0 Å². The molecule has 0 bridgehead atoms. The lowest BCUT2D eigenvalue weighted by Gasteiger charge is -2.12. The number of nitriles is 2. The molecular weight excluding hydrogens is 400 g/mol. The standard InChI is InChI=1S/C25H18N6O/c1-16-12-18(21-5-3-2-4-19(21)15-27)8-11-22(16)32-24-13-23(28)30-25(31-24)29-20-9-6-17(14-26)7-10-20/h2-13H,1H3,(H3,28,29,30,31). The van der Waals surface area contributed by atoms with Crippen LogP contribution >= 0.6 is 0 Å². The number of anilines is 3. The van der Waals surface area contributed by atoms with Crippen LogP contribution in [0, 0.1) is 29.6 Å². The Morgan fingerprint density at radius 1 is 0.906 bits per heavy atom. The third-order valence-electron chi connectivity index (χ3n) is 4.74. The molecule has 4 aromatic rings. The van der Waals surface area contributed by atoms with Gasteiger partial charge in [0, 0.05) is 11.8 Å². The molecule has 1 heterocycles. The van der Waals surface area contributed by atoms with Crippen LogP contribution < -0.4 is 15.8 Å². The van der Waals surface area contributed by atoms with Gasteiger partial charge in [-0.25, -0.2) is 0 Å². The van der Waals surface area contributed by atoms with E-state index >= 15 is 0 Å². The molecule has 3 aromatic carbocycles. The van der Waals surface area contributed by atoms with Crippen LogP contribution in [0.4, 0.5) is 17.5 Å². The van der Waals surface area contributed by atoms with E-state index in [1.54, 1.807) is 36.4 Å². The molecule has 3 N–H and O–H groups in total. The molecule has 0 fully saturated rings. The highest BCUT2D eigenvalue weighted by molar-refractivity contribution is 5.72. The number of nitrogens with one attached hydrogen (secondary N) is 1.